The third-order valence-corrected chi connectivity index (χ3v) is 7.01. The topological polar surface area (TPSA) is 87.3 Å². The van der Waals surface area contributed by atoms with Crippen LogP contribution in [0.1, 0.15) is 59.4 Å². The molecule has 3 amide bonds. The SMILES string of the molecule is O=C(NNC(=O)c1cc2c(s1)CCCCC2)c1ccc(NC(=O)c2cccs2)cc1. The summed E-state index contributed by atoms with van der Waals surface area (Å²) in [5.74, 6) is -0.914. The number of fused-ring (bicyclic) bond motifs is 1. The Morgan fingerprint density at radius 2 is 1.57 bits per heavy atom. The van der Waals surface area contributed by atoms with E-state index in [-0.39, 0.29) is 11.8 Å². The van der Waals surface area contributed by atoms with Gasteiger partial charge in [0, 0.05) is 16.1 Å². The van der Waals surface area contributed by atoms with Gasteiger partial charge in [0.1, 0.15) is 0 Å². The monoisotopic (exact) mass is 439 g/mol. The van der Waals surface area contributed by atoms with Gasteiger partial charge in [0.15, 0.2) is 0 Å². The van der Waals surface area contributed by atoms with Gasteiger partial charge in [-0.3, -0.25) is 25.2 Å². The molecule has 0 radical (unpaired) electrons. The van der Waals surface area contributed by atoms with E-state index in [9.17, 15) is 14.4 Å². The lowest BCUT2D eigenvalue weighted by molar-refractivity contribution is 0.0849. The molecular weight excluding hydrogens is 418 g/mol. The fourth-order valence-electron chi connectivity index (χ4n) is 3.33. The van der Waals surface area contributed by atoms with E-state index in [2.05, 4.69) is 16.2 Å². The second-order valence-electron chi connectivity index (χ2n) is 7.04. The second-order valence-corrected chi connectivity index (χ2v) is 9.12. The summed E-state index contributed by atoms with van der Waals surface area (Å²) in [5, 5.41) is 4.62. The van der Waals surface area contributed by atoms with Crippen LogP contribution in [0.2, 0.25) is 0 Å². The Balaban J connectivity index is 1.31. The van der Waals surface area contributed by atoms with E-state index in [1.807, 2.05) is 17.5 Å². The van der Waals surface area contributed by atoms with Gasteiger partial charge in [0.25, 0.3) is 17.7 Å². The lowest BCUT2D eigenvalue weighted by Gasteiger charge is -2.08. The number of thiophene rings is 2. The van der Waals surface area contributed by atoms with E-state index in [1.54, 1.807) is 30.3 Å². The molecule has 4 rings (SSSR count). The molecule has 0 unspecified atom stereocenters. The van der Waals surface area contributed by atoms with Crippen LogP contribution in [0.3, 0.4) is 0 Å². The highest BCUT2D eigenvalue weighted by Crippen LogP contribution is 2.28. The molecule has 0 bridgehead atoms. The molecule has 6 nitrogen and oxygen atoms in total. The van der Waals surface area contributed by atoms with Crippen LogP contribution in [0.15, 0.2) is 47.8 Å². The first kappa shape index (κ1) is 20.3. The maximum Gasteiger partial charge on any atom is 0.279 e. The van der Waals surface area contributed by atoms with Crippen molar-refractivity contribution in [3.05, 3.63) is 73.6 Å². The third-order valence-electron chi connectivity index (χ3n) is 4.91. The van der Waals surface area contributed by atoms with Gasteiger partial charge in [-0.25, -0.2) is 0 Å². The van der Waals surface area contributed by atoms with Crippen molar-refractivity contribution >= 4 is 46.1 Å². The number of carbonyl (C=O) groups excluding carboxylic acids is 3. The van der Waals surface area contributed by atoms with E-state index in [4.69, 9.17) is 0 Å². The van der Waals surface area contributed by atoms with E-state index in [0.717, 1.165) is 25.7 Å². The van der Waals surface area contributed by atoms with Gasteiger partial charge in [-0.05, 0) is 73.0 Å². The van der Waals surface area contributed by atoms with Gasteiger partial charge in [-0.15, -0.1) is 22.7 Å². The van der Waals surface area contributed by atoms with Crippen molar-refractivity contribution in [2.75, 3.05) is 5.32 Å². The summed E-state index contributed by atoms with van der Waals surface area (Å²) in [6.45, 7) is 0. The summed E-state index contributed by atoms with van der Waals surface area (Å²) in [5.41, 5.74) is 7.18. The fraction of sp³-hybridized carbons (Fsp3) is 0.227. The minimum Gasteiger partial charge on any atom is -0.321 e. The normalized spacial score (nSPS) is 13.1. The zero-order chi connectivity index (χ0) is 20.9. The van der Waals surface area contributed by atoms with Crippen LogP contribution < -0.4 is 16.2 Å². The number of hydrogen-bond donors (Lipinski definition) is 3. The lowest BCUT2D eigenvalue weighted by atomic mass is 10.1. The predicted molar refractivity (Wildman–Crippen MR) is 119 cm³/mol. The largest absolute Gasteiger partial charge is 0.321 e. The molecule has 30 heavy (non-hydrogen) atoms. The number of hydrazine groups is 1. The quantitative estimate of drug-likeness (QED) is 0.416. The summed E-state index contributed by atoms with van der Waals surface area (Å²) in [7, 11) is 0. The zero-order valence-electron chi connectivity index (χ0n) is 16.2. The summed E-state index contributed by atoms with van der Waals surface area (Å²) < 4.78 is 0. The Hall–Kier alpha value is -2.97. The van der Waals surface area contributed by atoms with Gasteiger partial charge in [0.05, 0.1) is 9.75 Å². The number of hydrogen-bond acceptors (Lipinski definition) is 5. The maximum atomic E-state index is 12.4. The average Bonchev–Trinajstić information content (AvgIpc) is 3.39. The Kier molecular flexibility index (Phi) is 6.25. The molecule has 0 saturated heterocycles. The zero-order valence-corrected chi connectivity index (χ0v) is 17.8. The molecule has 0 atom stereocenters. The molecule has 1 aliphatic rings. The van der Waals surface area contributed by atoms with Crippen LogP contribution in [-0.2, 0) is 12.8 Å². The minimum atomic E-state index is -0.419. The minimum absolute atomic E-state index is 0.191. The molecule has 154 valence electrons. The van der Waals surface area contributed by atoms with Crippen molar-refractivity contribution < 1.29 is 14.4 Å². The molecule has 1 aliphatic carbocycles. The summed E-state index contributed by atoms with van der Waals surface area (Å²) in [6, 6.07) is 12.0. The molecule has 0 spiro atoms. The molecule has 1 aromatic carbocycles. The summed E-state index contributed by atoms with van der Waals surface area (Å²) in [6.07, 6.45) is 5.59. The predicted octanol–water partition coefficient (Wildman–Crippen LogP) is 4.41. The first-order valence-corrected chi connectivity index (χ1v) is 11.5. The van der Waals surface area contributed by atoms with Crippen LogP contribution in [0.4, 0.5) is 5.69 Å². The van der Waals surface area contributed by atoms with Gasteiger partial charge in [-0.2, -0.15) is 0 Å². The molecule has 2 aromatic heterocycles. The van der Waals surface area contributed by atoms with E-state index < -0.39 is 5.91 Å². The van der Waals surface area contributed by atoms with Gasteiger partial charge in [-0.1, -0.05) is 12.5 Å². The Bertz CT molecular complexity index is 1030. The van der Waals surface area contributed by atoms with E-state index >= 15 is 0 Å². The maximum absolute atomic E-state index is 12.4. The summed E-state index contributed by atoms with van der Waals surface area (Å²) in [4.78, 5) is 39.3. The Morgan fingerprint density at radius 1 is 0.800 bits per heavy atom. The number of amides is 3. The van der Waals surface area contributed by atoms with Crippen LogP contribution in [0, 0.1) is 0 Å². The van der Waals surface area contributed by atoms with Crippen molar-refractivity contribution in [1.82, 2.24) is 10.9 Å². The first-order chi connectivity index (χ1) is 14.6. The first-order valence-electron chi connectivity index (χ1n) is 9.77. The van der Waals surface area contributed by atoms with Crippen LogP contribution in [-0.4, -0.2) is 17.7 Å². The number of carbonyl (C=O) groups is 3. The van der Waals surface area contributed by atoms with Gasteiger partial charge < -0.3 is 5.32 Å². The van der Waals surface area contributed by atoms with E-state index in [1.165, 1.54) is 39.5 Å². The number of benzene rings is 1. The number of rotatable bonds is 4. The molecule has 3 N–H and O–H groups in total. The highest BCUT2D eigenvalue weighted by molar-refractivity contribution is 7.14. The molecule has 2 heterocycles. The second kappa shape index (κ2) is 9.23. The fourth-order valence-corrected chi connectivity index (χ4v) is 5.10. The highest BCUT2D eigenvalue weighted by atomic mass is 32.1. The van der Waals surface area contributed by atoms with Crippen LogP contribution in [0.25, 0.3) is 0 Å². The van der Waals surface area contributed by atoms with Gasteiger partial charge >= 0.3 is 0 Å². The van der Waals surface area contributed by atoms with Crippen LogP contribution in [0.5, 0.6) is 0 Å². The molecule has 0 saturated carbocycles. The molecule has 3 aromatic rings. The molecule has 0 fully saturated rings. The van der Waals surface area contributed by atoms with Crippen LogP contribution >= 0.6 is 22.7 Å². The van der Waals surface area contributed by atoms with Crippen molar-refractivity contribution in [3.8, 4) is 0 Å². The number of nitrogens with one attached hydrogen (secondary N) is 3. The molecule has 8 heteroatoms. The van der Waals surface area contributed by atoms with Crippen molar-refractivity contribution in [3.63, 3.8) is 0 Å². The smallest absolute Gasteiger partial charge is 0.279 e. The van der Waals surface area contributed by atoms with Crippen molar-refractivity contribution in [1.29, 1.82) is 0 Å². The number of anilines is 1. The molecular formula is C22H21N3O3S2. The lowest BCUT2D eigenvalue weighted by Crippen LogP contribution is -2.41. The average molecular weight is 440 g/mol. The Morgan fingerprint density at radius 3 is 2.33 bits per heavy atom. The summed E-state index contributed by atoms with van der Waals surface area (Å²) >= 11 is 2.87. The third kappa shape index (κ3) is 4.77. The standard InChI is InChI=1S/C22H21N3O3S2/c26-20(14-8-10-16(11-9-14)23-21(27)18-7-4-12-29-18)24-25-22(28)19-13-15-5-2-1-3-6-17(15)30-19/h4,7-13H,1-3,5-6H2,(H,23,27)(H,24,26)(H,25,28). The molecule has 0 aliphatic heterocycles. The van der Waals surface area contributed by atoms with Gasteiger partial charge in [0.2, 0.25) is 0 Å². The number of aryl methyl sites for hydroxylation is 2. The van der Waals surface area contributed by atoms with E-state index in [0.29, 0.717) is 21.0 Å². The Labute approximate surface area is 182 Å². The van der Waals surface area contributed by atoms with Crippen molar-refractivity contribution in [2.24, 2.45) is 0 Å². The highest BCUT2D eigenvalue weighted by Gasteiger charge is 2.17. The van der Waals surface area contributed by atoms with Crippen molar-refractivity contribution in [2.45, 2.75) is 32.1 Å².